The molecule has 0 bridgehead atoms. The molecule has 7 rings (SSSR count). The average molecular weight is 808 g/mol. The molecule has 310 valence electrons. The molecule has 2 N–H and O–H groups in total. The van der Waals surface area contributed by atoms with Crippen LogP contribution in [0, 0.1) is 0 Å². The van der Waals surface area contributed by atoms with Crippen molar-refractivity contribution in [1.29, 1.82) is 0 Å². The lowest BCUT2D eigenvalue weighted by atomic mass is 9.91. The van der Waals surface area contributed by atoms with Gasteiger partial charge in [-0.1, -0.05) is 108 Å². The second-order valence-electron chi connectivity index (χ2n) is 14.6. The molecule has 2 aliphatic rings. The van der Waals surface area contributed by atoms with Crippen LogP contribution < -0.4 is 0 Å². The van der Waals surface area contributed by atoms with E-state index < -0.39 is 54.7 Å². The Hall–Kier alpha value is -5.32. The lowest BCUT2D eigenvalue weighted by Crippen LogP contribution is -2.57. The third-order valence-corrected chi connectivity index (χ3v) is 10.2. The summed E-state index contributed by atoms with van der Waals surface area (Å²) in [5.41, 5.74) is 4.80. The molecule has 2 aliphatic heterocycles. The van der Waals surface area contributed by atoms with E-state index in [4.69, 9.17) is 33.2 Å². The average Bonchev–Trinajstić information content (AvgIpc) is 3.75. The molecule has 0 amide bonds. The maximum atomic E-state index is 11.8. The van der Waals surface area contributed by atoms with Crippen LogP contribution in [0.3, 0.4) is 0 Å². The van der Waals surface area contributed by atoms with Crippen molar-refractivity contribution in [2.24, 2.45) is 0 Å². The molecule has 0 aliphatic carbocycles. The van der Waals surface area contributed by atoms with Gasteiger partial charge in [0, 0.05) is 20.3 Å². The number of esters is 2. The standard InChI is InChI=1S/C45H49N3O11/c1-29(49)54-28-39-44(57-30(2)50)41(52)40(51)42(59-39)34-18-20-35(21-19-34)48-23-37(46-47-48)43-45(56-26-33-16-10-5-11-17-33)38(55-25-32-14-8-4-9-15-32)22-36(58-43)27-53-24-31-12-6-3-7-13-31/h3-21,23,36,38-45,51-52H,22,24-28H2,1-2H3/t36?,38?,39?,40?,41?,42-,43-,44-,45?/m1/s1. The maximum Gasteiger partial charge on any atom is 0.303 e. The molecule has 59 heavy (non-hydrogen) atoms. The molecule has 6 unspecified atom stereocenters. The van der Waals surface area contributed by atoms with Gasteiger partial charge in [-0.3, -0.25) is 9.59 Å². The van der Waals surface area contributed by atoms with Gasteiger partial charge in [-0.15, -0.1) is 5.10 Å². The number of rotatable bonds is 16. The highest BCUT2D eigenvalue weighted by Crippen LogP contribution is 2.37. The molecule has 2 fully saturated rings. The van der Waals surface area contributed by atoms with Crippen molar-refractivity contribution < 1.29 is 53.0 Å². The Labute approximate surface area is 342 Å². The second kappa shape index (κ2) is 20.1. The lowest BCUT2D eigenvalue weighted by molar-refractivity contribution is -0.242. The van der Waals surface area contributed by atoms with Crippen molar-refractivity contribution in [3.63, 3.8) is 0 Å². The summed E-state index contributed by atoms with van der Waals surface area (Å²) in [6, 6.07) is 36.9. The zero-order valence-electron chi connectivity index (χ0n) is 32.9. The zero-order valence-corrected chi connectivity index (χ0v) is 32.9. The highest BCUT2D eigenvalue weighted by molar-refractivity contribution is 5.66. The van der Waals surface area contributed by atoms with E-state index in [0.717, 1.165) is 16.7 Å². The predicted molar refractivity (Wildman–Crippen MR) is 212 cm³/mol. The van der Waals surface area contributed by atoms with Gasteiger partial charge in [0.15, 0.2) is 6.10 Å². The quantitative estimate of drug-likeness (QED) is 0.126. The number of aliphatic hydroxyl groups excluding tert-OH is 2. The van der Waals surface area contributed by atoms with Crippen LogP contribution in [0.1, 0.15) is 60.4 Å². The highest BCUT2D eigenvalue weighted by atomic mass is 16.6. The van der Waals surface area contributed by atoms with Gasteiger partial charge in [0.05, 0.1) is 50.5 Å². The fourth-order valence-electron chi connectivity index (χ4n) is 7.29. The van der Waals surface area contributed by atoms with Crippen LogP contribution in [0.2, 0.25) is 0 Å². The number of benzene rings is 4. The first-order valence-electron chi connectivity index (χ1n) is 19.6. The van der Waals surface area contributed by atoms with Crippen molar-refractivity contribution in [1.82, 2.24) is 15.0 Å². The van der Waals surface area contributed by atoms with Crippen molar-refractivity contribution in [2.45, 2.75) is 95.0 Å². The van der Waals surface area contributed by atoms with Gasteiger partial charge in [-0.2, -0.15) is 0 Å². The monoisotopic (exact) mass is 807 g/mol. The molecule has 0 saturated carbocycles. The van der Waals surface area contributed by atoms with E-state index in [1.807, 2.05) is 91.0 Å². The molecule has 9 atom stereocenters. The van der Waals surface area contributed by atoms with E-state index in [0.29, 0.717) is 49.8 Å². The normalized spacial score (nSPS) is 25.6. The first kappa shape index (κ1) is 41.8. The Kier molecular flexibility index (Phi) is 14.2. The zero-order chi connectivity index (χ0) is 41.1. The molecular formula is C45H49N3O11. The molecular weight excluding hydrogens is 759 g/mol. The van der Waals surface area contributed by atoms with Gasteiger partial charge in [0.25, 0.3) is 0 Å². The van der Waals surface area contributed by atoms with Crippen molar-refractivity contribution in [3.05, 3.63) is 149 Å². The number of hydrogen-bond acceptors (Lipinski definition) is 13. The van der Waals surface area contributed by atoms with Crippen LogP contribution in [0.25, 0.3) is 5.69 Å². The first-order valence-corrected chi connectivity index (χ1v) is 19.6. The molecule has 4 aromatic carbocycles. The van der Waals surface area contributed by atoms with Crippen molar-refractivity contribution in [2.75, 3.05) is 13.2 Å². The van der Waals surface area contributed by atoms with Crippen LogP contribution in [-0.2, 0) is 62.6 Å². The molecule has 14 heteroatoms. The van der Waals surface area contributed by atoms with Gasteiger partial charge < -0.3 is 43.4 Å². The van der Waals surface area contributed by atoms with Crippen molar-refractivity contribution >= 4 is 11.9 Å². The van der Waals surface area contributed by atoms with Crippen LogP contribution in [-0.4, -0.2) is 93.1 Å². The number of aromatic nitrogens is 3. The smallest absolute Gasteiger partial charge is 0.303 e. The third-order valence-electron chi connectivity index (χ3n) is 10.2. The van der Waals surface area contributed by atoms with E-state index in [-0.39, 0.29) is 18.8 Å². The Bertz CT molecular complexity index is 2070. The van der Waals surface area contributed by atoms with Gasteiger partial charge in [-0.05, 0) is 34.4 Å². The number of ether oxygens (including phenoxy) is 7. The maximum absolute atomic E-state index is 11.8. The Balaban J connectivity index is 1.12. The molecule has 14 nitrogen and oxygen atoms in total. The summed E-state index contributed by atoms with van der Waals surface area (Å²) in [5, 5.41) is 31.1. The minimum absolute atomic E-state index is 0.287. The molecule has 5 aromatic rings. The van der Waals surface area contributed by atoms with Gasteiger partial charge in [-0.25, -0.2) is 4.68 Å². The van der Waals surface area contributed by atoms with E-state index in [1.165, 1.54) is 13.8 Å². The summed E-state index contributed by atoms with van der Waals surface area (Å²) in [6.07, 6.45) is -5.87. The van der Waals surface area contributed by atoms with Crippen LogP contribution in [0.5, 0.6) is 0 Å². The molecule has 2 saturated heterocycles. The second-order valence-corrected chi connectivity index (χ2v) is 14.6. The number of nitrogens with zero attached hydrogens (tertiary/aromatic N) is 3. The molecule has 0 radical (unpaired) electrons. The summed E-state index contributed by atoms with van der Waals surface area (Å²) in [6.45, 7) is 3.59. The Morgan fingerprint density at radius 1 is 0.695 bits per heavy atom. The largest absolute Gasteiger partial charge is 0.463 e. The fourth-order valence-corrected chi connectivity index (χ4v) is 7.29. The third kappa shape index (κ3) is 11.0. The van der Waals surface area contributed by atoms with Gasteiger partial charge in [0.1, 0.15) is 48.9 Å². The number of aliphatic hydroxyl groups is 2. The highest BCUT2D eigenvalue weighted by Gasteiger charge is 2.47. The number of hydrogen-bond donors (Lipinski definition) is 2. The topological polar surface area (TPSA) is 170 Å². The van der Waals surface area contributed by atoms with Crippen LogP contribution in [0.15, 0.2) is 121 Å². The molecule has 0 spiro atoms. The fraction of sp³-hybridized carbons (Fsp3) is 0.378. The summed E-state index contributed by atoms with van der Waals surface area (Å²) >= 11 is 0. The SMILES string of the molecule is CC(=O)OCC1O[C@H](c2ccc(-n3cc([C@H]4OC(COCc5ccccc5)CC(OCc5ccccc5)C4OCc4ccccc4)nn3)cc2)C(O)C(O)[C@@H]1OC(C)=O. The van der Waals surface area contributed by atoms with Gasteiger partial charge in [0.2, 0.25) is 0 Å². The summed E-state index contributed by atoms with van der Waals surface area (Å²) in [5.74, 6) is -1.25. The number of carbonyl (C=O) groups excluding carboxylic acids is 2. The minimum Gasteiger partial charge on any atom is -0.463 e. The van der Waals surface area contributed by atoms with E-state index in [1.54, 1.807) is 35.1 Å². The number of carbonyl (C=O) groups is 2. The van der Waals surface area contributed by atoms with Crippen molar-refractivity contribution in [3.8, 4) is 5.69 Å². The minimum atomic E-state index is -1.50. The summed E-state index contributed by atoms with van der Waals surface area (Å²) < 4.78 is 44.3. The van der Waals surface area contributed by atoms with Crippen LogP contribution >= 0.6 is 0 Å². The van der Waals surface area contributed by atoms with E-state index >= 15 is 0 Å². The first-order chi connectivity index (χ1) is 28.7. The Morgan fingerprint density at radius 2 is 1.31 bits per heavy atom. The summed E-state index contributed by atoms with van der Waals surface area (Å²) in [7, 11) is 0. The molecule has 1 aromatic heterocycles. The molecule has 3 heterocycles. The van der Waals surface area contributed by atoms with Crippen LogP contribution in [0.4, 0.5) is 0 Å². The predicted octanol–water partition coefficient (Wildman–Crippen LogP) is 5.14. The van der Waals surface area contributed by atoms with E-state index in [2.05, 4.69) is 10.3 Å². The van der Waals surface area contributed by atoms with Gasteiger partial charge >= 0.3 is 11.9 Å². The van der Waals surface area contributed by atoms with E-state index in [9.17, 15) is 19.8 Å². The summed E-state index contributed by atoms with van der Waals surface area (Å²) in [4.78, 5) is 23.3. The Morgan fingerprint density at radius 3 is 1.92 bits per heavy atom. The lowest BCUT2D eigenvalue weighted by Gasteiger charge is -2.42.